The molecule has 0 aliphatic carbocycles. The van der Waals surface area contributed by atoms with Crippen molar-refractivity contribution in [2.24, 2.45) is 4.99 Å². The number of ether oxygens (including phenoxy) is 6. The molecular formula is C44H44BrNO10. The minimum atomic E-state index is -0.525. The van der Waals surface area contributed by atoms with Crippen molar-refractivity contribution in [2.75, 3.05) is 26.4 Å². The van der Waals surface area contributed by atoms with Gasteiger partial charge in [0.1, 0.15) is 23.0 Å². The second kappa shape index (κ2) is 22.4. The standard InChI is InChI=1S/C44H44BrNO10/c1-5-38(33-16-22-39(30(4)28-33)55-43(49)31-12-18-35(19-13-31)51-24-8-10-26-53-41(47)6-2)46-34-17-23-40(37(45)29-34)56-44(50)32-14-20-36(21-15-32)52-25-9-11-27-54-42(48)7-3/h6-7,12-23,28-29H,2-3,5,8-11,24-27H2,1,4H3. The highest BCUT2D eigenvalue weighted by molar-refractivity contribution is 9.10. The fourth-order valence-electron chi connectivity index (χ4n) is 5.03. The summed E-state index contributed by atoms with van der Waals surface area (Å²) in [6.07, 6.45) is 5.61. The highest BCUT2D eigenvalue weighted by Crippen LogP contribution is 2.31. The molecule has 4 aromatic rings. The summed E-state index contributed by atoms with van der Waals surface area (Å²) < 4.78 is 33.2. The van der Waals surface area contributed by atoms with E-state index in [1.807, 2.05) is 26.0 Å². The number of hydrogen-bond acceptors (Lipinski definition) is 11. The molecule has 12 heteroatoms. The van der Waals surface area contributed by atoms with E-state index in [2.05, 4.69) is 29.1 Å². The average molecular weight is 827 g/mol. The molecule has 292 valence electrons. The molecule has 0 amide bonds. The Balaban J connectivity index is 1.28. The first-order valence-electron chi connectivity index (χ1n) is 18.1. The number of unbranched alkanes of at least 4 members (excludes halogenated alkanes) is 2. The van der Waals surface area contributed by atoms with E-state index in [-0.39, 0.29) is 0 Å². The van der Waals surface area contributed by atoms with Crippen molar-refractivity contribution >= 4 is 51.2 Å². The second-order valence-corrected chi connectivity index (χ2v) is 13.0. The van der Waals surface area contributed by atoms with Gasteiger partial charge in [-0.1, -0.05) is 20.1 Å². The third-order valence-corrected chi connectivity index (χ3v) is 8.66. The Morgan fingerprint density at radius 2 is 1.09 bits per heavy atom. The summed E-state index contributed by atoms with van der Waals surface area (Å²) in [6, 6.07) is 24.1. The summed E-state index contributed by atoms with van der Waals surface area (Å²) in [5.41, 5.74) is 3.85. The van der Waals surface area contributed by atoms with Crippen molar-refractivity contribution in [3.63, 3.8) is 0 Å². The first-order valence-corrected chi connectivity index (χ1v) is 18.9. The van der Waals surface area contributed by atoms with Crippen LogP contribution in [0.1, 0.15) is 70.9 Å². The largest absolute Gasteiger partial charge is 0.494 e. The summed E-state index contributed by atoms with van der Waals surface area (Å²) in [5, 5.41) is 0. The Morgan fingerprint density at radius 3 is 1.55 bits per heavy atom. The van der Waals surface area contributed by atoms with Crippen LogP contribution in [0.25, 0.3) is 0 Å². The van der Waals surface area contributed by atoms with Gasteiger partial charge in [-0.15, -0.1) is 0 Å². The van der Waals surface area contributed by atoms with Crippen LogP contribution in [0.15, 0.2) is 120 Å². The molecule has 0 fully saturated rings. The molecule has 0 saturated carbocycles. The molecule has 4 rings (SSSR count). The van der Waals surface area contributed by atoms with Crippen LogP contribution in [0.5, 0.6) is 23.0 Å². The van der Waals surface area contributed by atoms with E-state index in [0.29, 0.717) is 103 Å². The minimum Gasteiger partial charge on any atom is -0.494 e. The van der Waals surface area contributed by atoms with Crippen LogP contribution >= 0.6 is 15.9 Å². The molecular weight excluding hydrogens is 782 g/mol. The first kappa shape index (κ1) is 42.7. The lowest BCUT2D eigenvalue weighted by atomic mass is 10.0. The second-order valence-electron chi connectivity index (χ2n) is 12.2. The number of esters is 4. The molecule has 4 aromatic carbocycles. The van der Waals surface area contributed by atoms with Gasteiger partial charge < -0.3 is 28.4 Å². The van der Waals surface area contributed by atoms with Crippen LogP contribution in [0.2, 0.25) is 0 Å². The van der Waals surface area contributed by atoms with Gasteiger partial charge in [0.15, 0.2) is 0 Å². The summed E-state index contributed by atoms with van der Waals surface area (Å²) in [6.45, 7) is 12.1. The zero-order chi connectivity index (χ0) is 40.3. The van der Waals surface area contributed by atoms with Crippen molar-refractivity contribution in [3.05, 3.63) is 137 Å². The fraction of sp³-hybridized carbons (Fsp3) is 0.250. The van der Waals surface area contributed by atoms with Crippen LogP contribution in [-0.4, -0.2) is 56.0 Å². The number of aryl methyl sites for hydroxylation is 1. The number of carbonyl (C=O) groups is 4. The van der Waals surface area contributed by atoms with Gasteiger partial charge in [0, 0.05) is 17.9 Å². The predicted molar refractivity (Wildman–Crippen MR) is 216 cm³/mol. The van der Waals surface area contributed by atoms with Crippen molar-refractivity contribution in [1.29, 1.82) is 0 Å². The highest BCUT2D eigenvalue weighted by atomic mass is 79.9. The lowest BCUT2D eigenvalue weighted by Crippen LogP contribution is -2.10. The van der Waals surface area contributed by atoms with E-state index in [1.54, 1.807) is 72.8 Å². The van der Waals surface area contributed by atoms with Crippen LogP contribution in [0.3, 0.4) is 0 Å². The van der Waals surface area contributed by atoms with Gasteiger partial charge in [-0.2, -0.15) is 0 Å². The van der Waals surface area contributed by atoms with E-state index < -0.39 is 23.9 Å². The molecule has 11 nitrogen and oxygen atoms in total. The number of benzene rings is 4. The maximum atomic E-state index is 12.9. The van der Waals surface area contributed by atoms with Crippen molar-refractivity contribution in [3.8, 4) is 23.0 Å². The number of carbonyl (C=O) groups excluding carboxylic acids is 4. The van der Waals surface area contributed by atoms with E-state index in [0.717, 1.165) is 29.0 Å². The first-order chi connectivity index (χ1) is 27.1. The van der Waals surface area contributed by atoms with Crippen LogP contribution in [0.4, 0.5) is 5.69 Å². The van der Waals surface area contributed by atoms with E-state index >= 15 is 0 Å². The van der Waals surface area contributed by atoms with Gasteiger partial charge >= 0.3 is 23.9 Å². The average Bonchev–Trinajstić information content (AvgIpc) is 3.21. The lowest BCUT2D eigenvalue weighted by Gasteiger charge is -2.12. The summed E-state index contributed by atoms with van der Waals surface area (Å²) in [7, 11) is 0. The van der Waals surface area contributed by atoms with Gasteiger partial charge in [0.05, 0.1) is 47.7 Å². The van der Waals surface area contributed by atoms with Gasteiger partial charge in [0.2, 0.25) is 0 Å². The zero-order valence-electron chi connectivity index (χ0n) is 31.4. The molecule has 56 heavy (non-hydrogen) atoms. The molecule has 0 aromatic heterocycles. The predicted octanol–water partition coefficient (Wildman–Crippen LogP) is 9.50. The molecule has 0 N–H and O–H groups in total. The van der Waals surface area contributed by atoms with Crippen molar-refractivity contribution < 1.29 is 47.6 Å². The fourth-order valence-corrected chi connectivity index (χ4v) is 5.48. The van der Waals surface area contributed by atoms with Gasteiger partial charge in [-0.05, 0) is 151 Å². The van der Waals surface area contributed by atoms with Crippen molar-refractivity contribution in [1.82, 2.24) is 0 Å². The zero-order valence-corrected chi connectivity index (χ0v) is 33.0. The van der Waals surface area contributed by atoms with Gasteiger partial charge in [0.25, 0.3) is 0 Å². The Bertz CT molecular complexity index is 2020. The number of aliphatic imine (C=N–C) groups is 1. The SMILES string of the molecule is C=CC(=O)OCCCCOc1ccc(C(=O)Oc2ccc(C(CC)=Nc3ccc(OC(=O)c4ccc(OCCCCOC(=O)C=C)cc4)c(Br)c3)cc2C)cc1. The smallest absolute Gasteiger partial charge is 0.343 e. The lowest BCUT2D eigenvalue weighted by molar-refractivity contribution is -0.138. The third-order valence-electron chi connectivity index (χ3n) is 8.04. The number of hydrogen-bond donors (Lipinski definition) is 0. The Morgan fingerprint density at radius 1 is 0.625 bits per heavy atom. The third kappa shape index (κ3) is 13.7. The Hall–Kier alpha value is -6.01. The van der Waals surface area contributed by atoms with Crippen LogP contribution in [-0.2, 0) is 19.1 Å². The van der Waals surface area contributed by atoms with Crippen LogP contribution < -0.4 is 18.9 Å². The molecule has 0 radical (unpaired) electrons. The molecule has 0 aliphatic heterocycles. The van der Waals surface area contributed by atoms with Gasteiger partial charge in [-0.3, -0.25) is 4.99 Å². The molecule has 0 unspecified atom stereocenters. The van der Waals surface area contributed by atoms with E-state index in [4.69, 9.17) is 33.4 Å². The molecule has 0 atom stereocenters. The van der Waals surface area contributed by atoms with Crippen molar-refractivity contribution in [2.45, 2.75) is 46.0 Å². The number of halogens is 1. The molecule has 0 heterocycles. The van der Waals surface area contributed by atoms with Gasteiger partial charge in [-0.25, -0.2) is 19.2 Å². The Kier molecular flexibility index (Phi) is 17.1. The van der Waals surface area contributed by atoms with E-state index in [9.17, 15) is 19.2 Å². The summed E-state index contributed by atoms with van der Waals surface area (Å²) in [4.78, 5) is 52.8. The maximum Gasteiger partial charge on any atom is 0.343 e. The molecule has 0 bridgehead atoms. The summed E-state index contributed by atoms with van der Waals surface area (Å²) >= 11 is 3.51. The maximum absolute atomic E-state index is 12.9. The van der Waals surface area contributed by atoms with Crippen LogP contribution in [0, 0.1) is 6.92 Å². The normalized spacial score (nSPS) is 10.9. The number of nitrogens with zero attached hydrogens (tertiary/aromatic N) is 1. The monoisotopic (exact) mass is 825 g/mol. The topological polar surface area (TPSA) is 136 Å². The quantitative estimate of drug-likeness (QED) is 0.0263. The van der Waals surface area contributed by atoms with E-state index in [1.165, 1.54) is 0 Å². The molecule has 0 aliphatic rings. The Labute approximate surface area is 335 Å². The summed E-state index contributed by atoms with van der Waals surface area (Å²) in [5.74, 6) is 0.0850. The minimum absolute atomic E-state index is 0.300. The molecule has 0 saturated heterocycles. The molecule has 0 spiro atoms. The number of rotatable bonds is 21. The highest BCUT2D eigenvalue weighted by Gasteiger charge is 2.15.